The van der Waals surface area contributed by atoms with Crippen molar-refractivity contribution in [2.24, 2.45) is 5.73 Å². The number of carboxylic acids is 1. The minimum absolute atomic E-state index is 0.0388. The molecule has 0 saturated carbocycles. The Balaban J connectivity index is 1.78. The number of benzene rings is 1. The van der Waals surface area contributed by atoms with Gasteiger partial charge in [0.1, 0.15) is 0 Å². The van der Waals surface area contributed by atoms with Gasteiger partial charge < -0.3 is 25.6 Å². The largest absolute Gasteiger partial charge is 0.481 e. The molecule has 25 heavy (non-hydrogen) atoms. The van der Waals surface area contributed by atoms with Crippen LogP contribution in [0.2, 0.25) is 0 Å². The quantitative estimate of drug-likeness (QED) is 0.355. The first-order valence-electron chi connectivity index (χ1n) is 7.81. The van der Waals surface area contributed by atoms with Gasteiger partial charge in [0.15, 0.2) is 17.3 Å². The fourth-order valence-electron chi connectivity index (χ4n) is 2.22. The molecular weight excluding hydrogens is 330 g/mol. The van der Waals surface area contributed by atoms with Crippen molar-refractivity contribution in [3.05, 3.63) is 23.8 Å². The Morgan fingerprint density at radius 2 is 2.00 bits per heavy atom. The van der Waals surface area contributed by atoms with Gasteiger partial charge in [0, 0.05) is 12.0 Å². The van der Waals surface area contributed by atoms with Crippen molar-refractivity contribution in [3.8, 4) is 11.5 Å². The van der Waals surface area contributed by atoms with Gasteiger partial charge in [-0.25, -0.2) is 0 Å². The Hall–Kier alpha value is -2.65. The highest BCUT2D eigenvalue weighted by atomic mass is 16.7. The van der Waals surface area contributed by atoms with Gasteiger partial charge in [0.2, 0.25) is 12.7 Å². The maximum Gasteiger partial charge on any atom is 0.303 e. The molecule has 9 heteroatoms. The summed E-state index contributed by atoms with van der Waals surface area (Å²) in [7, 11) is 0. The number of aliphatic carboxylic acids is 1. The third-order valence-corrected chi connectivity index (χ3v) is 3.73. The molecule has 9 nitrogen and oxygen atoms in total. The van der Waals surface area contributed by atoms with Crippen LogP contribution in [0.3, 0.4) is 0 Å². The van der Waals surface area contributed by atoms with E-state index in [4.69, 9.17) is 20.3 Å². The fraction of sp³-hybridized carbons (Fsp3) is 0.438. The molecule has 1 aliphatic rings. The second-order valence-electron chi connectivity index (χ2n) is 5.61. The van der Waals surface area contributed by atoms with Crippen molar-refractivity contribution in [2.75, 3.05) is 13.5 Å². The number of hydrogen-bond acceptors (Lipinski definition) is 7. The average Bonchev–Trinajstić information content (AvgIpc) is 3.06. The first-order chi connectivity index (χ1) is 11.9. The zero-order chi connectivity index (χ0) is 18.4. The lowest BCUT2D eigenvalue weighted by Gasteiger charge is -2.15. The van der Waals surface area contributed by atoms with E-state index in [0.717, 1.165) is 0 Å². The number of nitrogens with one attached hydrogen (secondary N) is 2. The number of nitrogens with two attached hydrogens (primary N) is 1. The summed E-state index contributed by atoms with van der Waals surface area (Å²) in [5.74, 6) is -0.529. The second kappa shape index (κ2) is 8.45. The van der Waals surface area contributed by atoms with Crippen LogP contribution in [-0.2, 0) is 9.59 Å². The molecule has 0 aliphatic carbocycles. The molecule has 1 aliphatic heterocycles. The van der Waals surface area contributed by atoms with Crippen LogP contribution >= 0.6 is 0 Å². The van der Waals surface area contributed by atoms with Crippen LogP contribution in [-0.4, -0.2) is 48.3 Å². The Morgan fingerprint density at radius 1 is 1.28 bits per heavy atom. The fourth-order valence-corrected chi connectivity index (χ4v) is 2.22. The van der Waals surface area contributed by atoms with Crippen LogP contribution in [0, 0.1) is 0 Å². The van der Waals surface area contributed by atoms with E-state index in [1.165, 1.54) is 0 Å². The molecule has 0 spiro atoms. The number of carbonyl (C=O) groups excluding carboxylic acids is 2. The van der Waals surface area contributed by atoms with Gasteiger partial charge in [-0.15, -0.1) is 0 Å². The highest BCUT2D eigenvalue weighted by Gasteiger charge is 2.20. The molecule has 136 valence electrons. The van der Waals surface area contributed by atoms with Crippen molar-refractivity contribution in [1.29, 1.82) is 0 Å². The molecule has 0 radical (unpaired) electrons. The molecule has 1 aromatic rings. The molecule has 0 fully saturated rings. The highest BCUT2D eigenvalue weighted by molar-refractivity contribution is 6.00. The number of carbonyl (C=O) groups is 3. The summed E-state index contributed by atoms with van der Waals surface area (Å²) in [5, 5.41) is 14.0. The number of rotatable bonds is 9. The summed E-state index contributed by atoms with van der Waals surface area (Å²) < 4.78 is 10.4. The zero-order valence-corrected chi connectivity index (χ0v) is 13.8. The van der Waals surface area contributed by atoms with E-state index < -0.39 is 24.0 Å². The molecule has 2 atom stereocenters. The standard InChI is InChI=1S/C16H21N3O6/c1-9(18-7-19-16(23)11(17)3-5-14(20)21)15(22)10-2-4-12-13(6-10)25-8-24-12/h2,4,6,9,11,18H,3,5,7-8,17H2,1H3,(H,19,23)(H,20,21). The minimum Gasteiger partial charge on any atom is -0.481 e. The lowest BCUT2D eigenvalue weighted by molar-refractivity contribution is -0.137. The van der Waals surface area contributed by atoms with Crippen LogP contribution in [0.5, 0.6) is 11.5 Å². The normalized spacial score (nSPS) is 14.6. The van der Waals surface area contributed by atoms with E-state index >= 15 is 0 Å². The van der Waals surface area contributed by atoms with E-state index in [2.05, 4.69) is 10.6 Å². The Kier molecular flexibility index (Phi) is 6.31. The van der Waals surface area contributed by atoms with Crippen LogP contribution in [0.4, 0.5) is 0 Å². The van der Waals surface area contributed by atoms with Gasteiger partial charge in [-0.1, -0.05) is 0 Å². The van der Waals surface area contributed by atoms with Gasteiger partial charge in [-0.2, -0.15) is 0 Å². The zero-order valence-electron chi connectivity index (χ0n) is 13.8. The smallest absolute Gasteiger partial charge is 0.303 e. The van der Waals surface area contributed by atoms with E-state index in [-0.39, 0.29) is 32.1 Å². The van der Waals surface area contributed by atoms with Crippen molar-refractivity contribution in [2.45, 2.75) is 31.8 Å². The predicted molar refractivity (Wildman–Crippen MR) is 87.3 cm³/mol. The van der Waals surface area contributed by atoms with Crippen molar-refractivity contribution >= 4 is 17.7 Å². The van der Waals surface area contributed by atoms with Gasteiger partial charge in [-0.3, -0.25) is 19.7 Å². The van der Waals surface area contributed by atoms with E-state index in [9.17, 15) is 14.4 Å². The summed E-state index contributed by atoms with van der Waals surface area (Å²) in [5.41, 5.74) is 6.06. The van der Waals surface area contributed by atoms with Crippen molar-refractivity contribution in [1.82, 2.24) is 10.6 Å². The van der Waals surface area contributed by atoms with Crippen LogP contribution in [0.1, 0.15) is 30.1 Å². The van der Waals surface area contributed by atoms with Gasteiger partial charge in [0.05, 0.1) is 18.8 Å². The minimum atomic E-state index is -1.01. The third kappa shape index (κ3) is 5.16. The molecular formula is C16H21N3O6. The van der Waals surface area contributed by atoms with Gasteiger partial charge in [-0.05, 0) is 31.5 Å². The van der Waals surface area contributed by atoms with E-state index in [1.807, 2.05) is 0 Å². The molecule has 1 heterocycles. The average molecular weight is 351 g/mol. The highest BCUT2D eigenvalue weighted by Crippen LogP contribution is 2.32. The van der Waals surface area contributed by atoms with Crippen molar-refractivity contribution < 1.29 is 29.0 Å². The maximum atomic E-state index is 12.4. The lowest BCUT2D eigenvalue weighted by Crippen LogP contribution is -2.47. The summed E-state index contributed by atoms with van der Waals surface area (Å²) in [4.78, 5) is 34.5. The summed E-state index contributed by atoms with van der Waals surface area (Å²) >= 11 is 0. The molecule has 2 rings (SSSR count). The number of fused-ring (bicyclic) bond motifs is 1. The first-order valence-corrected chi connectivity index (χ1v) is 7.81. The molecule has 5 N–H and O–H groups in total. The Morgan fingerprint density at radius 3 is 2.72 bits per heavy atom. The van der Waals surface area contributed by atoms with Gasteiger partial charge in [0.25, 0.3) is 0 Å². The number of amides is 1. The number of ketones is 1. The topological polar surface area (TPSA) is 140 Å². The Bertz CT molecular complexity index is 663. The molecule has 1 amide bonds. The monoisotopic (exact) mass is 351 g/mol. The SMILES string of the molecule is CC(NCNC(=O)C(N)CCC(=O)O)C(=O)c1ccc2c(c1)OCO2. The van der Waals surface area contributed by atoms with E-state index in [0.29, 0.717) is 17.1 Å². The first kappa shape index (κ1) is 18.7. The summed E-state index contributed by atoms with van der Waals surface area (Å²) in [6.45, 7) is 1.84. The predicted octanol–water partition coefficient (Wildman–Crippen LogP) is -0.158. The number of hydrogen-bond donors (Lipinski definition) is 4. The number of ether oxygens (including phenoxy) is 2. The second-order valence-corrected chi connectivity index (χ2v) is 5.61. The molecule has 0 aromatic heterocycles. The summed E-state index contributed by atoms with van der Waals surface area (Å²) in [6.07, 6.45) is -0.131. The van der Waals surface area contributed by atoms with Gasteiger partial charge >= 0.3 is 5.97 Å². The molecule has 1 aromatic carbocycles. The van der Waals surface area contributed by atoms with Crippen LogP contribution in [0.15, 0.2) is 18.2 Å². The Labute approximate surface area is 144 Å². The number of Topliss-reactive ketones (excluding diaryl/α,β-unsaturated/α-hetero) is 1. The number of carboxylic acid groups (broad SMARTS) is 1. The van der Waals surface area contributed by atoms with Crippen LogP contribution in [0.25, 0.3) is 0 Å². The van der Waals surface area contributed by atoms with E-state index in [1.54, 1.807) is 25.1 Å². The molecule has 0 bridgehead atoms. The summed E-state index contributed by atoms with van der Waals surface area (Å²) in [6, 6.07) is 3.48. The van der Waals surface area contributed by atoms with Crippen LogP contribution < -0.4 is 25.8 Å². The van der Waals surface area contributed by atoms with Crippen molar-refractivity contribution in [3.63, 3.8) is 0 Å². The third-order valence-electron chi connectivity index (χ3n) is 3.73. The molecule has 0 saturated heterocycles. The lowest BCUT2D eigenvalue weighted by atomic mass is 10.1. The maximum absolute atomic E-state index is 12.4. The molecule has 2 unspecified atom stereocenters.